The van der Waals surface area contributed by atoms with Crippen LogP contribution in [0.3, 0.4) is 0 Å². The zero-order valence-corrected chi connectivity index (χ0v) is 18.8. The number of rotatable bonds is 6. The first-order chi connectivity index (χ1) is 15.8. The van der Waals surface area contributed by atoms with Crippen LogP contribution >= 0.6 is 0 Å². The van der Waals surface area contributed by atoms with Crippen LogP contribution in [0.4, 0.5) is 4.39 Å². The van der Waals surface area contributed by atoms with E-state index in [0.29, 0.717) is 43.0 Å². The Hall–Kier alpha value is -3.42. The monoisotopic (exact) mass is 454 g/mol. The molecule has 0 bridgehead atoms. The number of piperidine rings is 1. The van der Waals surface area contributed by atoms with Crippen LogP contribution in [0.25, 0.3) is 0 Å². The van der Waals surface area contributed by atoms with Crippen LogP contribution in [0.5, 0.6) is 11.5 Å². The van der Waals surface area contributed by atoms with Crippen LogP contribution in [0, 0.1) is 5.82 Å². The number of hydrogen-bond acceptors (Lipinski definition) is 5. The highest BCUT2D eigenvalue weighted by Gasteiger charge is 2.54. The molecule has 1 unspecified atom stereocenters. The van der Waals surface area contributed by atoms with Gasteiger partial charge in [0.25, 0.3) is 0 Å². The molecule has 0 saturated carbocycles. The van der Waals surface area contributed by atoms with Crippen molar-refractivity contribution in [2.75, 3.05) is 27.2 Å². The highest BCUT2D eigenvalue weighted by Crippen LogP contribution is 2.43. The molecule has 0 radical (unpaired) electrons. The van der Waals surface area contributed by atoms with Gasteiger partial charge in [-0.05, 0) is 18.2 Å². The molecular formula is C25H27FN2O5. The second-order valence-corrected chi connectivity index (χ2v) is 8.55. The summed E-state index contributed by atoms with van der Waals surface area (Å²) in [4.78, 5) is 41.8. The Morgan fingerprint density at radius 1 is 1.12 bits per heavy atom. The molecule has 2 aliphatic heterocycles. The van der Waals surface area contributed by atoms with Gasteiger partial charge in [-0.3, -0.25) is 19.3 Å². The number of likely N-dealkylation sites (tertiary alicyclic amines) is 2. The summed E-state index contributed by atoms with van der Waals surface area (Å²) in [5.41, 5.74) is -0.738. The molecule has 0 spiro atoms. The van der Waals surface area contributed by atoms with Crippen molar-refractivity contribution in [1.82, 2.24) is 9.80 Å². The number of halogens is 1. The van der Waals surface area contributed by atoms with Gasteiger partial charge >= 0.3 is 0 Å². The molecule has 4 rings (SSSR count). The molecule has 2 saturated heterocycles. The largest absolute Gasteiger partial charge is 0.496 e. The highest BCUT2D eigenvalue weighted by atomic mass is 19.1. The summed E-state index contributed by atoms with van der Waals surface area (Å²) in [5, 5.41) is 0. The number of carbonyl (C=O) groups excluding carboxylic acids is 3. The number of para-hydroxylation sites is 1. The van der Waals surface area contributed by atoms with E-state index in [1.807, 2.05) is 0 Å². The minimum Gasteiger partial charge on any atom is -0.496 e. The van der Waals surface area contributed by atoms with Crippen molar-refractivity contribution in [3.63, 3.8) is 0 Å². The van der Waals surface area contributed by atoms with Crippen molar-refractivity contribution in [3.05, 3.63) is 59.9 Å². The molecule has 2 aliphatic rings. The van der Waals surface area contributed by atoms with E-state index in [-0.39, 0.29) is 36.6 Å². The van der Waals surface area contributed by atoms with Gasteiger partial charge < -0.3 is 14.4 Å². The Morgan fingerprint density at radius 3 is 2.48 bits per heavy atom. The quantitative estimate of drug-likeness (QED) is 0.628. The molecule has 3 amide bonds. The minimum absolute atomic E-state index is 0.0758. The molecule has 2 aromatic carbocycles. The van der Waals surface area contributed by atoms with E-state index in [9.17, 15) is 18.8 Å². The fourth-order valence-corrected chi connectivity index (χ4v) is 4.70. The molecule has 2 heterocycles. The summed E-state index contributed by atoms with van der Waals surface area (Å²) in [7, 11) is 2.95. The Balaban J connectivity index is 1.48. The summed E-state index contributed by atoms with van der Waals surface area (Å²) in [6.07, 6.45) is 0.874. The fraction of sp³-hybridized carbons (Fsp3) is 0.400. The Bertz CT molecular complexity index is 1070. The molecule has 7 nitrogen and oxygen atoms in total. The normalized spacial score (nSPS) is 21.4. The van der Waals surface area contributed by atoms with E-state index in [4.69, 9.17) is 9.47 Å². The average Bonchev–Trinajstić information content (AvgIpc) is 3.03. The van der Waals surface area contributed by atoms with Crippen LogP contribution in [-0.2, 0) is 19.8 Å². The molecule has 0 N–H and O–H groups in total. The zero-order chi connectivity index (χ0) is 23.6. The van der Waals surface area contributed by atoms with E-state index in [1.165, 1.54) is 26.3 Å². The van der Waals surface area contributed by atoms with Gasteiger partial charge in [-0.15, -0.1) is 0 Å². The molecule has 33 heavy (non-hydrogen) atoms. The molecule has 174 valence electrons. The van der Waals surface area contributed by atoms with Crippen LogP contribution in [-0.4, -0.2) is 60.9 Å². The number of imide groups is 1. The van der Waals surface area contributed by atoms with E-state index in [1.54, 1.807) is 41.3 Å². The van der Waals surface area contributed by atoms with Crippen molar-refractivity contribution in [3.8, 4) is 11.5 Å². The predicted molar refractivity (Wildman–Crippen MR) is 118 cm³/mol. The second kappa shape index (κ2) is 9.21. The maximum absolute atomic E-state index is 13.4. The maximum atomic E-state index is 13.4. The lowest BCUT2D eigenvalue weighted by molar-refractivity contribution is -0.142. The molecule has 8 heteroatoms. The van der Waals surface area contributed by atoms with Gasteiger partial charge in [0.15, 0.2) is 0 Å². The number of amides is 3. The van der Waals surface area contributed by atoms with Crippen molar-refractivity contribution in [1.29, 1.82) is 0 Å². The number of benzene rings is 2. The van der Waals surface area contributed by atoms with Crippen molar-refractivity contribution >= 4 is 17.7 Å². The Morgan fingerprint density at radius 2 is 1.85 bits per heavy atom. The first-order valence-corrected chi connectivity index (χ1v) is 11.0. The average molecular weight is 454 g/mol. The maximum Gasteiger partial charge on any atom is 0.240 e. The number of hydrogen-bond donors (Lipinski definition) is 0. The first kappa shape index (κ1) is 22.8. The third-order valence-corrected chi connectivity index (χ3v) is 6.51. The van der Waals surface area contributed by atoms with Crippen molar-refractivity contribution < 1.29 is 28.2 Å². The topological polar surface area (TPSA) is 76.2 Å². The predicted octanol–water partition coefficient (Wildman–Crippen LogP) is 2.92. The molecule has 2 fully saturated rings. The second-order valence-electron chi connectivity index (χ2n) is 8.55. The van der Waals surface area contributed by atoms with Gasteiger partial charge in [-0.2, -0.15) is 0 Å². The van der Waals surface area contributed by atoms with E-state index >= 15 is 0 Å². The van der Waals surface area contributed by atoms with Crippen LogP contribution < -0.4 is 9.47 Å². The SMILES string of the molecule is COc1ccccc1C1(CC(=O)N2CCC(Oc3cccc(F)c3)CC2)CC(=O)N(C)C1=O. The highest BCUT2D eigenvalue weighted by molar-refractivity contribution is 6.10. The standard InChI is InChI=1S/C25H27FN2O5/c1-27-22(29)15-25(24(27)31,20-8-3-4-9-21(20)32-2)16-23(30)28-12-10-18(11-13-28)33-19-7-5-6-17(26)14-19/h3-9,14,18H,10-13,15-16H2,1-2H3. The van der Waals surface area contributed by atoms with E-state index in [2.05, 4.69) is 0 Å². The first-order valence-electron chi connectivity index (χ1n) is 11.0. The number of ether oxygens (including phenoxy) is 2. The number of nitrogens with zero attached hydrogens (tertiary/aromatic N) is 2. The van der Waals surface area contributed by atoms with Crippen molar-refractivity contribution in [2.45, 2.75) is 37.2 Å². The summed E-state index contributed by atoms with van der Waals surface area (Å²) < 4.78 is 24.7. The lowest BCUT2D eigenvalue weighted by atomic mass is 9.75. The zero-order valence-electron chi connectivity index (χ0n) is 18.8. The Labute approximate surface area is 192 Å². The van der Waals surface area contributed by atoms with E-state index < -0.39 is 11.3 Å². The summed E-state index contributed by atoms with van der Waals surface area (Å²) in [6.45, 7) is 0.914. The van der Waals surface area contributed by atoms with Crippen LogP contribution in [0.1, 0.15) is 31.2 Å². The van der Waals surface area contributed by atoms with Gasteiger partial charge in [0.05, 0.1) is 12.5 Å². The number of carbonyl (C=O) groups is 3. The molecule has 0 aromatic heterocycles. The fourth-order valence-electron chi connectivity index (χ4n) is 4.70. The van der Waals surface area contributed by atoms with Gasteiger partial charge in [0.1, 0.15) is 23.4 Å². The third kappa shape index (κ3) is 4.42. The van der Waals surface area contributed by atoms with Crippen molar-refractivity contribution in [2.24, 2.45) is 0 Å². The third-order valence-electron chi connectivity index (χ3n) is 6.51. The lowest BCUT2D eigenvalue weighted by Crippen LogP contribution is -2.46. The van der Waals surface area contributed by atoms with Gasteiger partial charge in [-0.25, -0.2) is 4.39 Å². The molecule has 2 aromatic rings. The summed E-state index contributed by atoms with van der Waals surface area (Å²) >= 11 is 0. The van der Waals surface area contributed by atoms with Gasteiger partial charge in [0, 0.05) is 57.5 Å². The molecule has 1 atom stereocenters. The Kier molecular flexibility index (Phi) is 6.35. The lowest BCUT2D eigenvalue weighted by Gasteiger charge is -2.35. The minimum atomic E-state index is -1.29. The van der Waals surface area contributed by atoms with E-state index in [0.717, 1.165) is 4.90 Å². The summed E-state index contributed by atoms with van der Waals surface area (Å²) in [5.74, 6) is -0.323. The molecular weight excluding hydrogens is 427 g/mol. The number of methoxy groups -OCH3 is 1. The number of likely N-dealkylation sites (N-methyl/N-ethyl adjacent to an activating group) is 1. The van der Waals surface area contributed by atoms with Gasteiger partial charge in [-0.1, -0.05) is 24.3 Å². The van der Waals surface area contributed by atoms with Crippen LogP contribution in [0.2, 0.25) is 0 Å². The summed E-state index contributed by atoms with van der Waals surface area (Å²) in [6, 6.07) is 13.0. The molecule has 0 aliphatic carbocycles. The smallest absolute Gasteiger partial charge is 0.240 e. The van der Waals surface area contributed by atoms with Crippen LogP contribution in [0.15, 0.2) is 48.5 Å². The van der Waals surface area contributed by atoms with Gasteiger partial charge in [0.2, 0.25) is 17.7 Å².